The zero-order valence-corrected chi connectivity index (χ0v) is 13.5. The molecule has 0 bridgehead atoms. The monoisotopic (exact) mass is 321 g/mol. The third-order valence-electron chi connectivity index (χ3n) is 4.08. The summed E-state index contributed by atoms with van der Waals surface area (Å²) >= 11 is 0. The van der Waals surface area contributed by atoms with E-state index in [0.29, 0.717) is 6.61 Å². The third-order valence-corrected chi connectivity index (χ3v) is 4.08. The van der Waals surface area contributed by atoms with Gasteiger partial charge in [0.2, 0.25) is 0 Å². The lowest BCUT2D eigenvalue weighted by molar-refractivity contribution is 0.181. The van der Waals surface area contributed by atoms with E-state index in [1.807, 2.05) is 22.7 Å². The van der Waals surface area contributed by atoms with E-state index in [-0.39, 0.29) is 0 Å². The molecular weight excluding hydrogens is 302 g/mol. The Morgan fingerprint density at radius 3 is 3.08 bits per heavy atom. The van der Waals surface area contributed by atoms with Gasteiger partial charge in [-0.1, -0.05) is 18.2 Å². The van der Waals surface area contributed by atoms with Gasteiger partial charge in [-0.2, -0.15) is 9.61 Å². The van der Waals surface area contributed by atoms with E-state index in [1.165, 1.54) is 16.5 Å². The summed E-state index contributed by atoms with van der Waals surface area (Å²) in [5, 5.41) is 9.07. The van der Waals surface area contributed by atoms with Crippen LogP contribution in [-0.2, 0) is 17.8 Å². The highest BCUT2D eigenvalue weighted by molar-refractivity contribution is 5.83. The maximum absolute atomic E-state index is 5.20. The summed E-state index contributed by atoms with van der Waals surface area (Å²) < 4.78 is 7.01. The first kappa shape index (κ1) is 14.7. The Hall–Kier alpha value is -2.86. The number of ether oxygens (including phenoxy) is 1. The van der Waals surface area contributed by atoms with Crippen molar-refractivity contribution in [3.63, 3.8) is 0 Å². The highest BCUT2D eigenvalue weighted by Gasteiger charge is 2.07. The minimum Gasteiger partial charge on any atom is -0.378 e. The van der Waals surface area contributed by atoms with Crippen molar-refractivity contribution in [2.45, 2.75) is 13.0 Å². The van der Waals surface area contributed by atoms with Gasteiger partial charge in [0.25, 0.3) is 0 Å². The summed E-state index contributed by atoms with van der Waals surface area (Å²) in [6, 6.07) is 12.2. The van der Waals surface area contributed by atoms with E-state index < -0.39 is 0 Å². The second kappa shape index (κ2) is 6.33. The predicted octanol–water partition coefficient (Wildman–Crippen LogP) is 3.01. The van der Waals surface area contributed by atoms with E-state index in [1.54, 1.807) is 13.3 Å². The molecule has 0 saturated heterocycles. The lowest BCUT2D eigenvalue weighted by Crippen LogP contribution is -2.10. The van der Waals surface area contributed by atoms with Crippen LogP contribution in [0.15, 0.2) is 48.8 Å². The minimum absolute atomic E-state index is 0.485. The van der Waals surface area contributed by atoms with Gasteiger partial charge in [-0.25, -0.2) is 4.98 Å². The average Bonchev–Trinajstić information content (AvgIpc) is 3.22. The number of nitrogens with one attached hydrogen (secondary N) is 2. The number of rotatable bonds is 6. The summed E-state index contributed by atoms with van der Waals surface area (Å²) in [4.78, 5) is 7.83. The fourth-order valence-electron chi connectivity index (χ4n) is 2.98. The van der Waals surface area contributed by atoms with Gasteiger partial charge in [0.05, 0.1) is 18.5 Å². The van der Waals surface area contributed by atoms with Crippen molar-refractivity contribution in [3.8, 4) is 0 Å². The second-order valence-electron chi connectivity index (χ2n) is 5.70. The molecule has 0 atom stereocenters. The van der Waals surface area contributed by atoms with Gasteiger partial charge < -0.3 is 15.0 Å². The maximum Gasteiger partial charge on any atom is 0.157 e. The zero-order valence-electron chi connectivity index (χ0n) is 13.5. The topological polar surface area (TPSA) is 67.2 Å². The summed E-state index contributed by atoms with van der Waals surface area (Å²) in [6.07, 6.45) is 4.76. The molecule has 0 fully saturated rings. The number of fused-ring (bicyclic) bond motifs is 2. The molecule has 6 nitrogen and oxygen atoms in total. The molecule has 6 heteroatoms. The van der Waals surface area contributed by atoms with Crippen LogP contribution < -0.4 is 5.32 Å². The third kappa shape index (κ3) is 2.72. The first-order valence-electron chi connectivity index (χ1n) is 7.96. The number of para-hydroxylation sites is 1. The summed E-state index contributed by atoms with van der Waals surface area (Å²) in [5.41, 5.74) is 4.19. The normalized spacial score (nSPS) is 11.4. The van der Waals surface area contributed by atoms with Crippen molar-refractivity contribution in [3.05, 3.63) is 60.0 Å². The second-order valence-corrected chi connectivity index (χ2v) is 5.70. The van der Waals surface area contributed by atoms with Gasteiger partial charge in [-0.05, 0) is 18.1 Å². The van der Waals surface area contributed by atoms with Crippen LogP contribution >= 0.6 is 0 Å². The van der Waals surface area contributed by atoms with E-state index in [0.717, 1.165) is 30.1 Å². The number of anilines is 1. The van der Waals surface area contributed by atoms with Crippen LogP contribution in [0.2, 0.25) is 0 Å². The molecule has 1 aromatic carbocycles. The number of nitrogens with zero attached hydrogens (tertiary/aromatic N) is 3. The van der Waals surface area contributed by atoms with Crippen LogP contribution in [0.25, 0.3) is 16.6 Å². The number of hydrogen-bond donors (Lipinski definition) is 2. The van der Waals surface area contributed by atoms with Gasteiger partial charge in [-0.3, -0.25) is 0 Å². The first-order chi connectivity index (χ1) is 11.8. The summed E-state index contributed by atoms with van der Waals surface area (Å²) in [6.45, 7) is 1.30. The van der Waals surface area contributed by atoms with Crippen molar-refractivity contribution in [1.82, 2.24) is 19.6 Å². The lowest BCUT2D eigenvalue weighted by Gasteiger charge is -2.10. The van der Waals surface area contributed by atoms with Crippen LogP contribution in [0.4, 0.5) is 5.82 Å². The molecule has 2 N–H and O–H groups in total. The molecule has 0 amide bonds. The Bertz CT molecular complexity index is 972. The lowest BCUT2D eigenvalue weighted by atomic mass is 10.1. The number of hydrogen-bond acceptors (Lipinski definition) is 4. The van der Waals surface area contributed by atoms with Gasteiger partial charge >= 0.3 is 0 Å². The molecule has 4 aromatic rings. The number of aromatic amines is 1. The van der Waals surface area contributed by atoms with Gasteiger partial charge in [0, 0.05) is 42.9 Å². The van der Waals surface area contributed by atoms with Gasteiger partial charge in [0.15, 0.2) is 5.65 Å². The number of methoxy groups -OCH3 is 1. The Morgan fingerprint density at radius 1 is 1.25 bits per heavy atom. The molecule has 0 spiro atoms. The fourth-order valence-corrected chi connectivity index (χ4v) is 2.98. The SMILES string of the molecule is COCc1cc(NCCc2c[nH]c3ccccc23)n2nccc2n1. The molecule has 24 heavy (non-hydrogen) atoms. The Morgan fingerprint density at radius 2 is 2.17 bits per heavy atom. The van der Waals surface area contributed by atoms with Crippen LogP contribution in [0.3, 0.4) is 0 Å². The van der Waals surface area contributed by atoms with Crippen molar-refractivity contribution in [1.29, 1.82) is 0 Å². The predicted molar refractivity (Wildman–Crippen MR) is 94.2 cm³/mol. The van der Waals surface area contributed by atoms with Crippen LogP contribution in [0, 0.1) is 0 Å². The molecule has 0 aliphatic carbocycles. The smallest absolute Gasteiger partial charge is 0.157 e. The van der Waals surface area contributed by atoms with E-state index in [4.69, 9.17) is 4.74 Å². The molecule has 122 valence electrons. The molecule has 4 rings (SSSR count). The van der Waals surface area contributed by atoms with Crippen molar-refractivity contribution in [2.24, 2.45) is 0 Å². The van der Waals surface area contributed by atoms with Gasteiger partial charge in [-0.15, -0.1) is 0 Å². The zero-order chi connectivity index (χ0) is 16.4. The quantitative estimate of drug-likeness (QED) is 0.573. The Labute approximate surface area is 139 Å². The largest absolute Gasteiger partial charge is 0.378 e. The summed E-state index contributed by atoms with van der Waals surface area (Å²) in [7, 11) is 1.67. The molecular formula is C18H19N5O. The standard InChI is InChI=1S/C18H19N5O/c1-24-12-14-10-18(23-17(22-14)7-9-21-23)19-8-6-13-11-20-16-5-3-2-4-15(13)16/h2-5,7,9-11,19-20H,6,8,12H2,1H3. The molecule has 3 heterocycles. The van der Waals surface area contributed by atoms with Crippen molar-refractivity contribution >= 4 is 22.4 Å². The van der Waals surface area contributed by atoms with E-state index in [9.17, 15) is 0 Å². The molecule has 0 radical (unpaired) electrons. The van der Waals surface area contributed by atoms with Crippen LogP contribution in [-0.4, -0.2) is 33.2 Å². The number of aromatic nitrogens is 4. The fraction of sp³-hybridized carbons (Fsp3) is 0.222. The first-order valence-corrected chi connectivity index (χ1v) is 7.96. The molecule has 0 aliphatic heterocycles. The Balaban J connectivity index is 1.53. The van der Waals surface area contributed by atoms with Crippen molar-refractivity contribution < 1.29 is 4.74 Å². The summed E-state index contributed by atoms with van der Waals surface area (Å²) in [5.74, 6) is 0.928. The molecule has 3 aromatic heterocycles. The number of H-pyrrole nitrogens is 1. The van der Waals surface area contributed by atoms with Crippen LogP contribution in [0.5, 0.6) is 0 Å². The van der Waals surface area contributed by atoms with E-state index in [2.05, 4.69) is 44.8 Å². The van der Waals surface area contributed by atoms with Crippen molar-refractivity contribution in [2.75, 3.05) is 19.0 Å². The molecule has 0 saturated carbocycles. The molecule has 0 unspecified atom stereocenters. The minimum atomic E-state index is 0.485. The average molecular weight is 321 g/mol. The highest BCUT2D eigenvalue weighted by Crippen LogP contribution is 2.18. The van der Waals surface area contributed by atoms with E-state index >= 15 is 0 Å². The maximum atomic E-state index is 5.20. The van der Waals surface area contributed by atoms with Crippen LogP contribution in [0.1, 0.15) is 11.3 Å². The Kier molecular flexibility index (Phi) is 3.88. The molecule has 0 aliphatic rings. The highest BCUT2D eigenvalue weighted by atomic mass is 16.5. The van der Waals surface area contributed by atoms with Gasteiger partial charge in [0.1, 0.15) is 5.82 Å². The number of benzene rings is 1.